The van der Waals surface area contributed by atoms with Crippen LogP contribution in [0.5, 0.6) is 0 Å². The van der Waals surface area contributed by atoms with Crippen LogP contribution < -0.4 is 0 Å². The monoisotopic (exact) mass is 317 g/mol. The lowest BCUT2D eigenvalue weighted by Crippen LogP contribution is -2.33. The van der Waals surface area contributed by atoms with Crippen molar-refractivity contribution in [3.63, 3.8) is 0 Å². The Balaban J connectivity index is 1.77. The van der Waals surface area contributed by atoms with Gasteiger partial charge in [0.05, 0.1) is 5.92 Å². The fourth-order valence-electron chi connectivity index (χ4n) is 3.09. The van der Waals surface area contributed by atoms with Crippen LogP contribution in [0.25, 0.3) is 0 Å². The van der Waals surface area contributed by atoms with E-state index in [1.807, 2.05) is 19.3 Å². The average molecular weight is 317 g/mol. The van der Waals surface area contributed by atoms with E-state index in [4.69, 9.17) is 0 Å². The molecular formula is C15H19N5O3. The second-order valence-electron chi connectivity index (χ2n) is 5.70. The molecule has 2 aromatic heterocycles. The van der Waals surface area contributed by atoms with Gasteiger partial charge in [-0.05, 0) is 12.5 Å². The first-order valence-corrected chi connectivity index (χ1v) is 7.55. The van der Waals surface area contributed by atoms with Gasteiger partial charge in [-0.3, -0.25) is 14.3 Å². The quantitative estimate of drug-likeness (QED) is 0.845. The number of carboxylic acid groups (broad SMARTS) is 1. The van der Waals surface area contributed by atoms with Gasteiger partial charge in [-0.25, -0.2) is 4.98 Å². The van der Waals surface area contributed by atoms with E-state index in [1.54, 1.807) is 32.7 Å². The zero-order valence-electron chi connectivity index (χ0n) is 12.9. The summed E-state index contributed by atoms with van der Waals surface area (Å²) in [5.41, 5.74) is 0. The van der Waals surface area contributed by atoms with Crippen LogP contribution in [0, 0.1) is 5.92 Å². The number of nitrogens with zero attached hydrogens (tertiary/aromatic N) is 5. The lowest BCUT2D eigenvalue weighted by Gasteiger charge is -2.26. The molecule has 1 saturated heterocycles. The molecule has 0 aliphatic carbocycles. The molecule has 23 heavy (non-hydrogen) atoms. The van der Waals surface area contributed by atoms with Crippen molar-refractivity contribution in [1.29, 1.82) is 0 Å². The molecule has 0 bridgehead atoms. The summed E-state index contributed by atoms with van der Waals surface area (Å²) in [6.07, 6.45) is 7.69. The van der Waals surface area contributed by atoms with Gasteiger partial charge in [-0.15, -0.1) is 0 Å². The summed E-state index contributed by atoms with van der Waals surface area (Å²) < 4.78 is 3.57. The van der Waals surface area contributed by atoms with Crippen molar-refractivity contribution in [2.45, 2.75) is 25.4 Å². The summed E-state index contributed by atoms with van der Waals surface area (Å²) in [6.45, 7) is 1.17. The van der Waals surface area contributed by atoms with Crippen LogP contribution in [0.1, 0.15) is 24.7 Å². The van der Waals surface area contributed by atoms with E-state index >= 15 is 0 Å². The third-order valence-corrected chi connectivity index (χ3v) is 4.22. The molecule has 2 atom stereocenters. The number of carboxylic acids is 1. The molecule has 0 saturated carbocycles. The molecule has 0 spiro atoms. The number of carbonyl (C=O) groups is 2. The van der Waals surface area contributed by atoms with E-state index in [0.29, 0.717) is 25.3 Å². The summed E-state index contributed by atoms with van der Waals surface area (Å²) in [6, 6.07) is 1.33. The molecule has 0 aromatic carbocycles. The first kappa shape index (κ1) is 15.3. The molecule has 122 valence electrons. The molecule has 1 fully saturated rings. The average Bonchev–Trinajstić information content (AvgIpc) is 3.21. The minimum absolute atomic E-state index is 0.0225. The number of aryl methyl sites for hydroxylation is 2. The first-order chi connectivity index (χ1) is 11.1. The molecule has 0 unspecified atom stereocenters. The van der Waals surface area contributed by atoms with Crippen molar-refractivity contribution in [3.8, 4) is 0 Å². The van der Waals surface area contributed by atoms with E-state index in [9.17, 15) is 14.7 Å². The smallest absolute Gasteiger partial charge is 0.309 e. The second kappa shape index (κ2) is 6.23. The number of imidazole rings is 1. The molecule has 8 nitrogen and oxygen atoms in total. The lowest BCUT2D eigenvalue weighted by atomic mass is 10.00. The lowest BCUT2D eigenvalue weighted by molar-refractivity contribution is -0.142. The van der Waals surface area contributed by atoms with Crippen LogP contribution in [-0.2, 0) is 23.2 Å². The number of aliphatic carboxylic acids is 1. The third-order valence-electron chi connectivity index (χ3n) is 4.22. The SMILES string of the molecule is Cn1ccnc1[C@H]1[C@H](C(=O)O)CC(=O)N1CCCn1cccn1. The van der Waals surface area contributed by atoms with Crippen LogP contribution in [-0.4, -0.2) is 47.8 Å². The Morgan fingerprint density at radius 1 is 1.35 bits per heavy atom. The van der Waals surface area contributed by atoms with Gasteiger partial charge in [0.25, 0.3) is 0 Å². The maximum absolute atomic E-state index is 12.3. The Kier molecular flexibility index (Phi) is 4.14. The predicted molar refractivity (Wildman–Crippen MR) is 80.2 cm³/mol. The number of likely N-dealkylation sites (tertiary alicyclic amines) is 1. The van der Waals surface area contributed by atoms with Crippen LogP contribution in [0.2, 0.25) is 0 Å². The maximum atomic E-state index is 12.3. The second-order valence-corrected chi connectivity index (χ2v) is 5.70. The van der Waals surface area contributed by atoms with Gasteiger partial charge in [-0.2, -0.15) is 5.10 Å². The molecule has 2 aromatic rings. The Morgan fingerprint density at radius 3 is 2.78 bits per heavy atom. The topological polar surface area (TPSA) is 93.2 Å². The Bertz CT molecular complexity index is 694. The standard InChI is InChI=1S/C15H19N5O3/c1-18-9-5-16-14(18)13-11(15(22)23)10-12(21)20(13)8-3-7-19-6-2-4-17-19/h2,4-6,9,11,13H,3,7-8,10H2,1H3,(H,22,23)/t11-,13-/m1/s1. The minimum atomic E-state index is -0.957. The van der Waals surface area contributed by atoms with Crippen LogP contribution in [0.15, 0.2) is 30.9 Å². The van der Waals surface area contributed by atoms with Crippen molar-refractivity contribution in [2.75, 3.05) is 6.54 Å². The minimum Gasteiger partial charge on any atom is -0.481 e. The molecule has 8 heteroatoms. The largest absolute Gasteiger partial charge is 0.481 e. The number of amides is 1. The van der Waals surface area contributed by atoms with Gasteiger partial charge in [-0.1, -0.05) is 0 Å². The number of rotatable bonds is 6. The molecule has 1 N–H and O–H groups in total. The van der Waals surface area contributed by atoms with Crippen molar-refractivity contribution in [3.05, 3.63) is 36.7 Å². The van der Waals surface area contributed by atoms with Crippen molar-refractivity contribution in [2.24, 2.45) is 13.0 Å². The van der Waals surface area contributed by atoms with E-state index < -0.39 is 17.9 Å². The van der Waals surface area contributed by atoms with Gasteiger partial charge in [0.1, 0.15) is 11.9 Å². The predicted octanol–water partition coefficient (Wildman–Crippen LogP) is 0.681. The zero-order chi connectivity index (χ0) is 16.4. The molecule has 0 radical (unpaired) electrons. The van der Waals surface area contributed by atoms with Gasteiger partial charge in [0, 0.05) is 51.3 Å². The summed E-state index contributed by atoms with van der Waals surface area (Å²) in [5.74, 6) is -1.23. The molecule has 1 aliphatic heterocycles. The highest BCUT2D eigenvalue weighted by atomic mass is 16.4. The fraction of sp³-hybridized carbons (Fsp3) is 0.467. The number of carbonyl (C=O) groups excluding carboxylic acids is 1. The Hall–Kier alpha value is -2.64. The molecule has 3 rings (SSSR count). The van der Waals surface area contributed by atoms with Crippen LogP contribution in [0.4, 0.5) is 0 Å². The van der Waals surface area contributed by atoms with E-state index in [-0.39, 0.29) is 12.3 Å². The summed E-state index contributed by atoms with van der Waals surface area (Å²) in [4.78, 5) is 29.7. The van der Waals surface area contributed by atoms with Crippen LogP contribution >= 0.6 is 0 Å². The zero-order valence-corrected chi connectivity index (χ0v) is 12.9. The third kappa shape index (κ3) is 2.96. The Morgan fingerprint density at radius 2 is 2.17 bits per heavy atom. The summed E-state index contributed by atoms with van der Waals surface area (Å²) >= 11 is 0. The van der Waals surface area contributed by atoms with Gasteiger partial charge in [0.2, 0.25) is 5.91 Å². The highest BCUT2D eigenvalue weighted by Crippen LogP contribution is 2.37. The van der Waals surface area contributed by atoms with Crippen molar-refractivity contribution in [1.82, 2.24) is 24.2 Å². The Labute approximate surface area is 133 Å². The highest BCUT2D eigenvalue weighted by Gasteiger charge is 2.46. The van der Waals surface area contributed by atoms with Gasteiger partial charge in [0.15, 0.2) is 0 Å². The molecule has 1 amide bonds. The molecule has 3 heterocycles. The van der Waals surface area contributed by atoms with E-state index in [0.717, 1.165) is 0 Å². The fourth-order valence-corrected chi connectivity index (χ4v) is 3.09. The summed E-state index contributed by atoms with van der Waals surface area (Å²) in [7, 11) is 1.81. The van der Waals surface area contributed by atoms with E-state index in [1.165, 1.54) is 0 Å². The molecular weight excluding hydrogens is 298 g/mol. The first-order valence-electron chi connectivity index (χ1n) is 7.55. The van der Waals surface area contributed by atoms with Crippen molar-refractivity contribution >= 4 is 11.9 Å². The van der Waals surface area contributed by atoms with Crippen molar-refractivity contribution < 1.29 is 14.7 Å². The van der Waals surface area contributed by atoms with Gasteiger partial charge < -0.3 is 14.6 Å². The number of hydrogen-bond donors (Lipinski definition) is 1. The normalized spacial score (nSPS) is 21.1. The molecule has 1 aliphatic rings. The van der Waals surface area contributed by atoms with Gasteiger partial charge >= 0.3 is 5.97 Å². The number of hydrogen-bond acceptors (Lipinski definition) is 4. The maximum Gasteiger partial charge on any atom is 0.309 e. The highest BCUT2D eigenvalue weighted by molar-refractivity contribution is 5.87. The summed E-state index contributed by atoms with van der Waals surface area (Å²) in [5, 5.41) is 13.6. The number of aromatic nitrogens is 4. The van der Waals surface area contributed by atoms with Crippen LogP contribution in [0.3, 0.4) is 0 Å². The van der Waals surface area contributed by atoms with E-state index in [2.05, 4.69) is 10.1 Å².